The molecule has 0 radical (unpaired) electrons. The Balaban J connectivity index is 2.22. The SMILES string of the molecule is Cc1ccc(N2CCCC(N)(CO)C2)c(Br)c1. The summed E-state index contributed by atoms with van der Waals surface area (Å²) in [6.45, 7) is 3.84. The monoisotopic (exact) mass is 298 g/mol. The highest BCUT2D eigenvalue weighted by atomic mass is 79.9. The highest BCUT2D eigenvalue weighted by Gasteiger charge is 2.31. The molecule has 17 heavy (non-hydrogen) atoms. The quantitative estimate of drug-likeness (QED) is 0.878. The van der Waals surface area contributed by atoms with Crippen molar-refractivity contribution in [2.24, 2.45) is 5.73 Å². The second kappa shape index (κ2) is 4.96. The van der Waals surface area contributed by atoms with Crippen LogP contribution in [-0.2, 0) is 0 Å². The van der Waals surface area contributed by atoms with Crippen LogP contribution in [-0.4, -0.2) is 30.3 Å². The van der Waals surface area contributed by atoms with E-state index in [1.807, 2.05) is 0 Å². The summed E-state index contributed by atoms with van der Waals surface area (Å²) in [5.41, 5.74) is 8.10. The normalized spacial score (nSPS) is 25.1. The van der Waals surface area contributed by atoms with Crippen molar-refractivity contribution in [2.75, 3.05) is 24.6 Å². The minimum atomic E-state index is -0.456. The van der Waals surface area contributed by atoms with E-state index in [2.05, 4.69) is 46.0 Å². The van der Waals surface area contributed by atoms with Crippen LogP contribution < -0.4 is 10.6 Å². The van der Waals surface area contributed by atoms with E-state index in [9.17, 15) is 5.11 Å². The number of rotatable bonds is 2. The van der Waals surface area contributed by atoms with Crippen molar-refractivity contribution in [1.29, 1.82) is 0 Å². The van der Waals surface area contributed by atoms with E-state index in [-0.39, 0.29) is 6.61 Å². The molecule has 1 saturated heterocycles. The molecule has 1 aliphatic rings. The van der Waals surface area contributed by atoms with Crippen molar-refractivity contribution in [1.82, 2.24) is 0 Å². The van der Waals surface area contributed by atoms with Crippen molar-refractivity contribution in [2.45, 2.75) is 25.3 Å². The third kappa shape index (κ3) is 2.81. The summed E-state index contributed by atoms with van der Waals surface area (Å²) in [5.74, 6) is 0. The number of nitrogens with two attached hydrogens (primary N) is 1. The van der Waals surface area contributed by atoms with Gasteiger partial charge >= 0.3 is 0 Å². The van der Waals surface area contributed by atoms with Crippen LogP contribution in [0, 0.1) is 6.92 Å². The van der Waals surface area contributed by atoms with E-state index in [4.69, 9.17) is 5.73 Å². The first-order valence-corrected chi connectivity index (χ1v) is 6.74. The molecule has 3 N–H and O–H groups in total. The van der Waals surface area contributed by atoms with E-state index < -0.39 is 5.54 Å². The molecular weight excluding hydrogens is 280 g/mol. The summed E-state index contributed by atoms with van der Waals surface area (Å²) in [6, 6.07) is 6.33. The first kappa shape index (κ1) is 12.9. The molecule has 1 atom stereocenters. The zero-order valence-electron chi connectivity index (χ0n) is 10.1. The van der Waals surface area contributed by atoms with Gasteiger partial charge in [-0.2, -0.15) is 0 Å². The molecule has 0 amide bonds. The number of anilines is 1. The van der Waals surface area contributed by atoms with Gasteiger partial charge in [-0.1, -0.05) is 6.07 Å². The Bertz CT molecular complexity index is 410. The number of aryl methyl sites for hydroxylation is 1. The average molecular weight is 299 g/mol. The van der Waals surface area contributed by atoms with Crippen molar-refractivity contribution in [3.63, 3.8) is 0 Å². The zero-order chi connectivity index (χ0) is 12.5. The fraction of sp³-hybridized carbons (Fsp3) is 0.538. The molecule has 1 heterocycles. The summed E-state index contributed by atoms with van der Waals surface area (Å²) in [7, 11) is 0. The molecule has 1 fully saturated rings. The van der Waals surface area contributed by atoms with E-state index in [0.717, 1.165) is 23.9 Å². The maximum Gasteiger partial charge on any atom is 0.0628 e. The van der Waals surface area contributed by atoms with E-state index in [1.165, 1.54) is 11.3 Å². The van der Waals surface area contributed by atoms with E-state index in [1.54, 1.807) is 0 Å². The predicted octanol–water partition coefficient (Wildman–Crippen LogP) is 2.05. The molecule has 0 aromatic heterocycles. The Morgan fingerprint density at radius 1 is 1.53 bits per heavy atom. The Morgan fingerprint density at radius 3 is 2.94 bits per heavy atom. The first-order chi connectivity index (χ1) is 8.04. The Labute approximate surface area is 111 Å². The molecule has 0 aliphatic carbocycles. The summed E-state index contributed by atoms with van der Waals surface area (Å²) in [5, 5.41) is 9.36. The molecule has 1 aromatic carbocycles. The van der Waals surface area contributed by atoms with Crippen LogP contribution in [0.25, 0.3) is 0 Å². The van der Waals surface area contributed by atoms with E-state index >= 15 is 0 Å². The van der Waals surface area contributed by atoms with E-state index in [0.29, 0.717) is 6.54 Å². The lowest BCUT2D eigenvalue weighted by atomic mass is 9.90. The van der Waals surface area contributed by atoms with Gasteiger partial charge in [-0.25, -0.2) is 0 Å². The lowest BCUT2D eigenvalue weighted by molar-refractivity contribution is 0.177. The van der Waals surface area contributed by atoms with Crippen LogP contribution in [0.2, 0.25) is 0 Å². The highest BCUT2D eigenvalue weighted by Crippen LogP contribution is 2.31. The van der Waals surface area contributed by atoms with Gasteiger partial charge in [-0.3, -0.25) is 0 Å². The van der Waals surface area contributed by atoms with Gasteiger partial charge in [0.15, 0.2) is 0 Å². The van der Waals surface area contributed by atoms with Gasteiger partial charge < -0.3 is 15.7 Å². The number of halogens is 1. The Kier molecular flexibility index (Phi) is 3.76. The molecule has 0 spiro atoms. The van der Waals surface area contributed by atoms with Gasteiger partial charge in [0, 0.05) is 17.6 Å². The van der Waals surface area contributed by atoms with Crippen LogP contribution in [0.4, 0.5) is 5.69 Å². The predicted molar refractivity (Wildman–Crippen MR) is 74.3 cm³/mol. The van der Waals surface area contributed by atoms with Crippen LogP contribution in [0.5, 0.6) is 0 Å². The molecule has 2 rings (SSSR count). The number of aliphatic hydroxyl groups is 1. The maximum absolute atomic E-state index is 9.36. The second-order valence-corrected chi connectivity index (χ2v) is 5.85. The average Bonchev–Trinajstić information content (AvgIpc) is 2.29. The van der Waals surface area contributed by atoms with Crippen LogP contribution in [0.1, 0.15) is 18.4 Å². The lowest BCUT2D eigenvalue weighted by Crippen LogP contribution is -2.56. The smallest absolute Gasteiger partial charge is 0.0628 e. The van der Waals surface area contributed by atoms with Gasteiger partial charge in [0.25, 0.3) is 0 Å². The minimum Gasteiger partial charge on any atom is -0.394 e. The molecular formula is C13H19BrN2O. The Hall–Kier alpha value is -0.580. The lowest BCUT2D eigenvalue weighted by Gasteiger charge is -2.40. The van der Waals surface area contributed by atoms with Gasteiger partial charge in [0.2, 0.25) is 0 Å². The summed E-state index contributed by atoms with van der Waals surface area (Å²) < 4.78 is 1.10. The minimum absolute atomic E-state index is 0.0486. The number of piperidine rings is 1. The number of aliphatic hydroxyl groups excluding tert-OH is 1. The fourth-order valence-corrected chi connectivity index (χ4v) is 3.11. The third-order valence-corrected chi connectivity index (χ3v) is 4.00. The zero-order valence-corrected chi connectivity index (χ0v) is 11.7. The second-order valence-electron chi connectivity index (χ2n) is 5.00. The van der Waals surface area contributed by atoms with Crippen molar-refractivity contribution < 1.29 is 5.11 Å². The number of hydrogen-bond acceptors (Lipinski definition) is 3. The highest BCUT2D eigenvalue weighted by molar-refractivity contribution is 9.10. The molecule has 1 aromatic rings. The van der Waals surface area contributed by atoms with Gasteiger partial charge in [-0.15, -0.1) is 0 Å². The van der Waals surface area contributed by atoms with Gasteiger partial charge in [0.05, 0.1) is 17.8 Å². The van der Waals surface area contributed by atoms with Crippen molar-refractivity contribution in [3.05, 3.63) is 28.2 Å². The van der Waals surface area contributed by atoms with Crippen molar-refractivity contribution in [3.8, 4) is 0 Å². The molecule has 1 unspecified atom stereocenters. The summed E-state index contributed by atoms with van der Waals surface area (Å²) in [6.07, 6.45) is 1.92. The summed E-state index contributed by atoms with van der Waals surface area (Å²) >= 11 is 3.60. The summed E-state index contributed by atoms with van der Waals surface area (Å²) in [4.78, 5) is 2.25. The molecule has 94 valence electrons. The molecule has 3 nitrogen and oxygen atoms in total. The Morgan fingerprint density at radius 2 is 2.29 bits per heavy atom. The largest absolute Gasteiger partial charge is 0.394 e. The topological polar surface area (TPSA) is 49.5 Å². The number of nitrogens with zero attached hydrogens (tertiary/aromatic N) is 1. The van der Waals surface area contributed by atoms with Gasteiger partial charge in [0.1, 0.15) is 0 Å². The van der Waals surface area contributed by atoms with Crippen LogP contribution >= 0.6 is 15.9 Å². The van der Waals surface area contributed by atoms with Crippen LogP contribution in [0.3, 0.4) is 0 Å². The van der Waals surface area contributed by atoms with Crippen LogP contribution in [0.15, 0.2) is 22.7 Å². The van der Waals surface area contributed by atoms with Crippen molar-refractivity contribution >= 4 is 21.6 Å². The maximum atomic E-state index is 9.36. The third-order valence-electron chi connectivity index (χ3n) is 3.37. The first-order valence-electron chi connectivity index (χ1n) is 5.95. The molecule has 4 heteroatoms. The molecule has 0 bridgehead atoms. The van der Waals surface area contributed by atoms with Gasteiger partial charge in [-0.05, 0) is 53.4 Å². The fourth-order valence-electron chi connectivity index (χ4n) is 2.36. The molecule has 0 saturated carbocycles. The molecule has 1 aliphatic heterocycles. The number of hydrogen-bond donors (Lipinski definition) is 2. The number of benzene rings is 1. The standard InChI is InChI=1S/C13H19BrN2O/c1-10-3-4-12(11(14)7-10)16-6-2-5-13(15,8-16)9-17/h3-4,7,17H,2,5-6,8-9,15H2,1H3.